The predicted molar refractivity (Wildman–Crippen MR) is 115 cm³/mol. The van der Waals surface area contributed by atoms with Crippen molar-refractivity contribution in [3.63, 3.8) is 0 Å². The van der Waals surface area contributed by atoms with Gasteiger partial charge in [-0.25, -0.2) is 4.98 Å². The summed E-state index contributed by atoms with van der Waals surface area (Å²) in [5, 5.41) is 39.8. The molecule has 0 amide bonds. The third kappa shape index (κ3) is 7.48. The Hall–Kier alpha value is -3.03. The third-order valence-corrected chi connectivity index (χ3v) is 4.00. The van der Waals surface area contributed by atoms with Crippen LogP contribution in [0, 0.1) is 5.41 Å². The first-order valence-electron chi connectivity index (χ1n) is 9.44. The summed E-state index contributed by atoms with van der Waals surface area (Å²) in [6.45, 7) is 6.71. The molecule has 0 aliphatic rings. The number of phenolic OH excluding ortho intramolecular Hbond substituents is 1. The second kappa shape index (κ2) is 12.4. The smallest absolute Gasteiger partial charge is 0.155 e. The first kappa shape index (κ1) is 24.0. The quantitative estimate of drug-likeness (QED) is 0.322. The Labute approximate surface area is 171 Å². The standard InChI is InChI=1S/C16H19N3O3.C6H10O/c1-2-13(17)15-12(14(22)9-20)6-7-18-16(15)19-10-4-3-5-11(21)8-10;1-3-5-6(7)4-2/h3-8,14,17,20-22H,2,9H2,1H3,(H,18,19);4H,2-3,5H2,1H3. The van der Waals surface area contributed by atoms with Gasteiger partial charge in [-0.2, -0.15) is 0 Å². The summed E-state index contributed by atoms with van der Waals surface area (Å²) < 4.78 is 0. The van der Waals surface area contributed by atoms with E-state index < -0.39 is 12.7 Å². The molecule has 1 unspecified atom stereocenters. The van der Waals surface area contributed by atoms with Crippen LogP contribution in [0.2, 0.25) is 0 Å². The first-order valence-corrected chi connectivity index (χ1v) is 9.44. The maximum absolute atomic E-state index is 10.3. The van der Waals surface area contributed by atoms with Crippen LogP contribution < -0.4 is 5.32 Å². The Bertz CT molecular complexity index is 837. The lowest BCUT2D eigenvalue weighted by Gasteiger charge is -2.18. The number of aromatic nitrogens is 1. The molecule has 1 atom stereocenters. The molecule has 0 fully saturated rings. The van der Waals surface area contributed by atoms with E-state index in [-0.39, 0.29) is 11.5 Å². The highest BCUT2D eigenvalue weighted by Gasteiger charge is 2.19. The number of benzene rings is 1. The molecule has 0 saturated heterocycles. The summed E-state index contributed by atoms with van der Waals surface area (Å²) in [5.74, 6) is 0.661. The van der Waals surface area contributed by atoms with Crippen LogP contribution in [-0.2, 0) is 4.79 Å². The number of hydrogen-bond acceptors (Lipinski definition) is 7. The van der Waals surface area contributed by atoms with Crippen LogP contribution in [0.4, 0.5) is 11.5 Å². The van der Waals surface area contributed by atoms with Gasteiger partial charge in [0, 0.05) is 35.6 Å². The molecule has 7 nitrogen and oxygen atoms in total. The lowest BCUT2D eigenvalue weighted by Crippen LogP contribution is -2.13. The molecule has 0 bridgehead atoms. The van der Waals surface area contributed by atoms with Gasteiger partial charge in [-0.1, -0.05) is 26.5 Å². The van der Waals surface area contributed by atoms with Gasteiger partial charge in [0.05, 0.1) is 6.61 Å². The highest BCUT2D eigenvalue weighted by atomic mass is 16.3. The minimum absolute atomic E-state index is 0.115. The molecule has 5 N–H and O–H groups in total. The fourth-order valence-electron chi connectivity index (χ4n) is 2.51. The average Bonchev–Trinajstić information content (AvgIpc) is 2.73. The monoisotopic (exact) mass is 399 g/mol. The van der Waals surface area contributed by atoms with Gasteiger partial charge in [0.2, 0.25) is 0 Å². The molecule has 1 heterocycles. The molecule has 0 aliphatic heterocycles. The van der Waals surface area contributed by atoms with Gasteiger partial charge in [0.15, 0.2) is 5.78 Å². The van der Waals surface area contributed by atoms with Crippen LogP contribution in [0.3, 0.4) is 0 Å². The Morgan fingerprint density at radius 2 is 2.07 bits per heavy atom. The second-order valence-corrected chi connectivity index (χ2v) is 6.25. The number of carbonyl (C=O) groups excluding carboxylic acids is 1. The van der Waals surface area contributed by atoms with Crippen molar-refractivity contribution in [1.82, 2.24) is 4.98 Å². The maximum atomic E-state index is 10.3. The van der Waals surface area contributed by atoms with E-state index in [4.69, 9.17) is 5.41 Å². The topological polar surface area (TPSA) is 127 Å². The Kier molecular flexibility index (Phi) is 10.3. The van der Waals surface area contributed by atoms with Crippen LogP contribution in [-0.4, -0.2) is 38.4 Å². The van der Waals surface area contributed by atoms with Gasteiger partial charge in [-0.15, -0.1) is 0 Å². The van der Waals surface area contributed by atoms with Crippen LogP contribution in [0.1, 0.15) is 50.3 Å². The van der Waals surface area contributed by atoms with E-state index in [1.54, 1.807) is 24.3 Å². The van der Waals surface area contributed by atoms with Gasteiger partial charge in [0.25, 0.3) is 0 Å². The second-order valence-electron chi connectivity index (χ2n) is 6.25. The SMILES string of the molecule is C=CC(=O)CCC.CCC(=N)c1c(C(O)CO)ccnc1Nc1cccc(O)c1. The minimum Gasteiger partial charge on any atom is -0.508 e. The van der Waals surface area contributed by atoms with Gasteiger partial charge >= 0.3 is 0 Å². The van der Waals surface area contributed by atoms with Crippen molar-refractivity contribution in [1.29, 1.82) is 5.41 Å². The van der Waals surface area contributed by atoms with E-state index in [0.29, 0.717) is 41.2 Å². The molecule has 2 aromatic rings. The van der Waals surface area contributed by atoms with Crippen molar-refractivity contribution in [3.05, 3.63) is 60.3 Å². The van der Waals surface area contributed by atoms with Gasteiger partial charge < -0.3 is 26.0 Å². The van der Waals surface area contributed by atoms with Crippen molar-refractivity contribution in [3.8, 4) is 5.75 Å². The van der Waals surface area contributed by atoms with Crippen LogP contribution in [0.15, 0.2) is 49.2 Å². The molecule has 0 aliphatic carbocycles. The molecule has 7 heteroatoms. The fourth-order valence-corrected chi connectivity index (χ4v) is 2.51. The number of aliphatic hydroxyl groups is 2. The normalized spacial score (nSPS) is 11.0. The van der Waals surface area contributed by atoms with Gasteiger partial charge in [-0.3, -0.25) is 4.79 Å². The third-order valence-electron chi connectivity index (χ3n) is 4.00. The van der Waals surface area contributed by atoms with Crippen LogP contribution >= 0.6 is 0 Å². The van der Waals surface area contributed by atoms with Crippen molar-refractivity contribution >= 4 is 23.0 Å². The van der Waals surface area contributed by atoms with E-state index in [9.17, 15) is 20.1 Å². The molecule has 0 saturated carbocycles. The number of phenols is 1. The predicted octanol–water partition coefficient (Wildman–Crippen LogP) is 3.88. The highest BCUT2D eigenvalue weighted by Crippen LogP contribution is 2.28. The lowest BCUT2D eigenvalue weighted by atomic mass is 9.98. The summed E-state index contributed by atoms with van der Waals surface area (Å²) in [5.41, 5.74) is 1.84. The van der Waals surface area contributed by atoms with Gasteiger partial charge in [-0.05, 0) is 42.7 Å². The van der Waals surface area contributed by atoms with Crippen molar-refractivity contribution in [2.45, 2.75) is 39.2 Å². The molecular formula is C22H29N3O4. The Morgan fingerprint density at radius 3 is 2.59 bits per heavy atom. The Balaban J connectivity index is 0.000000516. The molecule has 0 spiro atoms. The zero-order valence-corrected chi connectivity index (χ0v) is 16.9. The number of rotatable bonds is 9. The fraction of sp³-hybridized carbons (Fsp3) is 0.318. The largest absolute Gasteiger partial charge is 0.508 e. The van der Waals surface area contributed by atoms with Crippen molar-refractivity contribution in [2.75, 3.05) is 11.9 Å². The lowest BCUT2D eigenvalue weighted by molar-refractivity contribution is -0.114. The number of nitrogens with zero attached hydrogens (tertiary/aromatic N) is 1. The number of carbonyl (C=O) groups is 1. The van der Waals surface area contributed by atoms with E-state index in [1.165, 1.54) is 18.3 Å². The van der Waals surface area contributed by atoms with Crippen LogP contribution in [0.5, 0.6) is 5.75 Å². The maximum Gasteiger partial charge on any atom is 0.155 e. The average molecular weight is 399 g/mol. The van der Waals surface area contributed by atoms with E-state index in [2.05, 4.69) is 16.9 Å². The molecule has 2 rings (SSSR count). The molecule has 0 radical (unpaired) electrons. The van der Waals surface area contributed by atoms with E-state index in [1.807, 2.05) is 13.8 Å². The zero-order valence-electron chi connectivity index (χ0n) is 16.9. The Morgan fingerprint density at radius 1 is 1.34 bits per heavy atom. The molecule has 156 valence electrons. The van der Waals surface area contributed by atoms with Gasteiger partial charge in [0.1, 0.15) is 17.7 Å². The molecular weight excluding hydrogens is 370 g/mol. The highest BCUT2D eigenvalue weighted by molar-refractivity contribution is 6.04. The van der Waals surface area contributed by atoms with E-state index in [0.717, 1.165) is 6.42 Å². The number of hydrogen-bond donors (Lipinski definition) is 5. The first-order chi connectivity index (χ1) is 13.9. The molecule has 1 aromatic carbocycles. The number of allylic oxidation sites excluding steroid dienone is 1. The number of ketones is 1. The number of anilines is 2. The van der Waals surface area contributed by atoms with Crippen molar-refractivity contribution in [2.24, 2.45) is 0 Å². The summed E-state index contributed by atoms with van der Waals surface area (Å²) >= 11 is 0. The molecule has 29 heavy (non-hydrogen) atoms. The number of aliphatic hydroxyl groups excluding tert-OH is 2. The summed E-state index contributed by atoms with van der Waals surface area (Å²) in [4.78, 5) is 14.5. The minimum atomic E-state index is -1.07. The summed E-state index contributed by atoms with van der Waals surface area (Å²) in [6.07, 6.45) is 3.82. The summed E-state index contributed by atoms with van der Waals surface area (Å²) in [7, 11) is 0. The van der Waals surface area contributed by atoms with E-state index >= 15 is 0 Å². The number of nitrogens with one attached hydrogen (secondary N) is 2. The molecule has 1 aromatic heterocycles. The van der Waals surface area contributed by atoms with Crippen LogP contribution in [0.25, 0.3) is 0 Å². The zero-order chi connectivity index (χ0) is 21.8. The van der Waals surface area contributed by atoms with Crippen molar-refractivity contribution < 1.29 is 20.1 Å². The summed E-state index contributed by atoms with van der Waals surface area (Å²) in [6, 6.07) is 8.13. The number of pyridine rings is 1. The number of aromatic hydroxyl groups is 1.